The summed E-state index contributed by atoms with van der Waals surface area (Å²) in [6.45, 7) is 2.04. The first-order chi connectivity index (χ1) is 7.20. The molecule has 0 bridgehead atoms. The summed E-state index contributed by atoms with van der Waals surface area (Å²) in [6, 6.07) is 2.95. The largest absolute Gasteiger partial charge is 0.461 e. The summed E-state index contributed by atoms with van der Waals surface area (Å²) >= 11 is 1.12. The summed E-state index contributed by atoms with van der Waals surface area (Å²) in [4.78, 5) is 29.6. The van der Waals surface area contributed by atoms with Crippen molar-refractivity contribution in [3.05, 3.63) is 27.5 Å². The highest BCUT2D eigenvalue weighted by Gasteiger charge is 2.13. The van der Waals surface area contributed by atoms with E-state index in [9.17, 15) is 9.59 Å². The predicted molar refractivity (Wildman–Crippen MR) is 56.2 cm³/mol. The molecule has 0 aliphatic carbocycles. The molecule has 6 heteroatoms. The van der Waals surface area contributed by atoms with Crippen LogP contribution in [0.1, 0.15) is 16.7 Å². The minimum absolute atomic E-state index is 0.207. The van der Waals surface area contributed by atoms with E-state index in [2.05, 4.69) is 9.97 Å². The number of fused-ring (bicyclic) bond motifs is 1. The number of H-pyrrole nitrogens is 1. The standard InChI is InChI=1S/C9H8N2O3S/c1-2-14-9(13)8-10-5-3-4-6(12)11-7(5)15-8/h3-4H,2H2,1H3,(H,11,12). The number of esters is 1. The fourth-order valence-corrected chi connectivity index (χ4v) is 1.97. The van der Waals surface area contributed by atoms with Crippen LogP contribution in [0.25, 0.3) is 10.3 Å². The number of pyridine rings is 1. The van der Waals surface area contributed by atoms with Crippen LogP contribution in [0.2, 0.25) is 0 Å². The van der Waals surface area contributed by atoms with Gasteiger partial charge in [-0.05, 0) is 13.0 Å². The maximum absolute atomic E-state index is 11.3. The van der Waals surface area contributed by atoms with Gasteiger partial charge in [0.05, 0.1) is 12.1 Å². The van der Waals surface area contributed by atoms with Crippen molar-refractivity contribution in [1.29, 1.82) is 0 Å². The van der Waals surface area contributed by atoms with E-state index in [-0.39, 0.29) is 10.6 Å². The second-order valence-electron chi connectivity index (χ2n) is 2.78. The average molecular weight is 224 g/mol. The number of hydrogen-bond acceptors (Lipinski definition) is 5. The van der Waals surface area contributed by atoms with Gasteiger partial charge in [-0.25, -0.2) is 9.78 Å². The lowest BCUT2D eigenvalue weighted by Crippen LogP contribution is -2.03. The quantitative estimate of drug-likeness (QED) is 0.777. The van der Waals surface area contributed by atoms with E-state index in [0.717, 1.165) is 11.3 Å². The average Bonchev–Trinajstić information content (AvgIpc) is 2.60. The van der Waals surface area contributed by atoms with Gasteiger partial charge in [0, 0.05) is 6.07 Å². The summed E-state index contributed by atoms with van der Waals surface area (Å²) in [5.41, 5.74) is 0.393. The molecule has 15 heavy (non-hydrogen) atoms. The third-order valence-corrected chi connectivity index (χ3v) is 2.70. The summed E-state index contributed by atoms with van der Waals surface area (Å²) in [6.07, 6.45) is 0. The Morgan fingerprint density at radius 2 is 2.40 bits per heavy atom. The first kappa shape index (κ1) is 9.85. The molecule has 0 amide bonds. The van der Waals surface area contributed by atoms with Crippen LogP contribution in [0.5, 0.6) is 0 Å². The molecular formula is C9H8N2O3S. The summed E-state index contributed by atoms with van der Waals surface area (Å²) in [5.74, 6) is -0.459. The maximum atomic E-state index is 11.3. The molecule has 2 aromatic rings. The van der Waals surface area contributed by atoms with Gasteiger partial charge < -0.3 is 9.72 Å². The Morgan fingerprint density at radius 1 is 1.60 bits per heavy atom. The van der Waals surface area contributed by atoms with Gasteiger partial charge in [0.1, 0.15) is 4.83 Å². The number of carbonyl (C=O) groups is 1. The van der Waals surface area contributed by atoms with Gasteiger partial charge in [-0.15, -0.1) is 0 Å². The van der Waals surface area contributed by atoms with E-state index in [4.69, 9.17) is 4.74 Å². The molecule has 0 spiro atoms. The van der Waals surface area contributed by atoms with Gasteiger partial charge in [0.2, 0.25) is 10.6 Å². The number of aromatic nitrogens is 2. The molecule has 2 rings (SSSR count). The summed E-state index contributed by atoms with van der Waals surface area (Å²) < 4.78 is 4.80. The Labute approximate surface area is 88.7 Å². The zero-order valence-corrected chi connectivity index (χ0v) is 8.76. The van der Waals surface area contributed by atoms with E-state index in [1.165, 1.54) is 6.07 Å². The number of rotatable bonds is 2. The fraction of sp³-hybridized carbons (Fsp3) is 0.222. The molecule has 0 unspecified atom stereocenters. The molecule has 0 aliphatic rings. The number of nitrogens with zero attached hydrogens (tertiary/aromatic N) is 1. The molecule has 78 valence electrons. The first-order valence-electron chi connectivity index (χ1n) is 4.37. The van der Waals surface area contributed by atoms with E-state index in [0.29, 0.717) is 17.0 Å². The zero-order chi connectivity index (χ0) is 10.8. The van der Waals surface area contributed by atoms with Crippen molar-refractivity contribution in [2.75, 3.05) is 6.61 Å². The number of thiazole rings is 1. The number of aromatic amines is 1. The topological polar surface area (TPSA) is 72.0 Å². The molecule has 2 aromatic heterocycles. The number of nitrogens with one attached hydrogen (secondary N) is 1. The van der Waals surface area contributed by atoms with Gasteiger partial charge >= 0.3 is 5.97 Å². The molecule has 0 aliphatic heterocycles. The Balaban J connectivity index is 2.47. The van der Waals surface area contributed by atoms with Crippen LogP contribution < -0.4 is 5.56 Å². The first-order valence-corrected chi connectivity index (χ1v) is 5.19. The molecule has 0 atom stereocenters. The zero-order valence-electron chi connectivity index (χ0n) is 7.94. The van der Waals surface area contributed by atoms with Crippen LogP contribution in [-0.4, -0.2) is 22.5 Å². The Morgan fingerprint density at radius 3 is 3.13 bits per heavy atom. The van der Waals surface area contributed by atoms with Crippen LogP contribution in [0.3, 0.4) is 0 Å². The molecule has 0 aromatic carbocycles. The predicted octanol–water partition coefficient (Wildman–Crippen LogP) is 1.16. The second kappa shape index (κ2) is 3.82. The molecule has 0 saturated carbocycles. The lowest BCUT2D eigenvalue weighted by Gasteiger charge is -1.94. The number of ether oxygens (including phenoxy) is 1. The molecule has 0 saturated heterocycles. The van der Waals surface area contributed by atoms with Crippen molar-refractivity contribution in [2.45, 2.75) is 6.92 Å². The third-order valence-electron chi connectivity index (χ3n) is 1.73. The van der Waals surface area contributed by atoms with Crippen LogP contribution >= 0.6 is 11.3 Å². The highest BCUT2D eigenvalue weighted by atomic mass is 32.1. The van der Waals surface area contributed by atoms with Crippen molar-refractivity contribution >= 4 is 27.7 Å². The van der Waals surface area contributed by atoms with Gasteiger partial charge in [0.25, 0.3) is 0 Å². The third kappa shape index (κ3) is 1.89. The molecule has 2 heterocycles. The van der Waals surface area contributed by atoms with Gasteiger partial charge in [-0.1, -0.05) is 11.3 Å². The van der Waals surface area contributed by atoms with Crippen molar-refractivity contribution in [3.63, 3.8) is 0 Å². The van der Waals surface area contributed by atoms with Crippen molar-refractivity contribution < 1.29 is 9.53 Å². The molecule has 0 radical (unpaired) electrons. The second-order valence-corrected chi connectivity index (χ2v) is 3.78. The smallest absolute Gasteiger partial charge is 0.367 e. The monoisotopic (exact) mass is 224 g/mol. The molecule has 1 N–H and O–H groups in total. The van der Waals surface area contributed by atoms with Gasteiger partial charge in [-0.3, -0.25) is 4.79 Å². The highest BCUT2D eigenvalue weighted by Crippen LogP contribution is 2.18. The minimum Gasteiger partial charge on any atom is -0.461 e. The number of carbonyl (C=O) groups excluding carboxylic acids is 1. The van der Waals surface area contributed by atoms with E-state index < -0.39 is 5.97 Å². The van der Waals surface area contributed by atoms with Gasteiger partial charge in [-0.2, -0.15) is 0 Å². The van der Waals surface area contributed by atoms with Crippen molar-refractivity contribution in [3.8, 4) is 0 Å². The molecule has 5 nitrogen and oxygen atoms in total. The van der Waals surface area contributed by atoms with Gasteiger partial charge in [0.15, 0.2) is 0 Å². The Kier molecular flexibility index (Phi) is 2.51. The minimum atomic E-state index is -0.459. The highest BCUT2D eigenvalue weighted by molar-refractivity contribution is 7.19. The molecule has 0 fully saturated rings. The van der Waals surface area contributed by atoms with Crippen molar-refractivity contribution in [1.82, 2.24) is 9.97 Å². The fourth-order valence-electron chi connectivity index (χ4n) is 1.12. The number of hydrogen-bond donors (Lipinski definition) is 1. The van der Waals surface area contributed by atoms with E-state index in [1.54, 1.807) is 13.0 Å². The van der Waals surface area contributed by atoms with Crippen LogP contribution in [0, 0.1) is 0 Å². The lowest BCUT2D eigenvalue weighted by atomic mass is 10.4. The Bertz CT molecular complexity index is 558. The summed E-state index contributed by atoms with van der Waals surface area (Å²) in [5, 5.41) is 0.258. The van der Waals surface area contributed by atoms with Crippen LogP contribution in [0.4, 0.5) is 0 Å². The molecular weight excluding hydrogens is 216 g/mol. The van der Waals surface area contributed by atoms with E-state index in [1.807, 2.05) is 0 Å². The van der Waals surface area contributed by atoms with Crippen LogP contribution in [0.15, 0.2) is 16.9 Å². The summed E-state index contributed by atoms with van der Waals surface area (Å²) in [7, 11) is 0. The Hall–Kier alpha value is -1.69. The SMILES string of the molecule is CCOC(=O)c1nc2ccc(=O)[nH]c2s1. The lowest BCUT2D eigenvalue weighted by molar-refractivity contribution is 0.0526. The van der Waals surface area contributed by atoms with Crippen molar-refractivity contribution in [2.24, 2.45) is 0 Å². The van der Waals surface area contributed by atoms with E-state index >= 15 is 0 Å². The normalized spacial score (nSPS) is 10.5. The maximum Gasteiger partial charge on any atom is 0.367 e. The van der Waals surface area contributed by atoms with Crippen LogP contribution in [-0.2, 0) is 4.74 Å².